The normalized spacial score (nSPS) is 12.0. The molecule has 0 spiro atoms. The Labute approximate surface area is 152 Å². The van der Waals surface area contributed by atoms with Crippen molar-refractivity contribution in [1.82, 2.24) is 4.98 Å². The molecule has 3 aromatic rings. The summed E-state index contributed by atoms with van der Waals surface area (Å²) in [7, 11) is -2.86. The Kier molecular flexibility index (Phi) is 4.83. The minimum Gasteiger partial charge on any atom is -0.497 e. The molecule has 0 amide bonds. The second-order valence-electron chi connectivity index (χ2n) is 5.38. The standard InChI is InChI=1S/C17H13F3N2O4S/c1-25-12-5-6-15(14(10-12)16-21-7-8-26-16)22-27(23,24)13-4-2-3-11(9-13)17(18,19)20/h2-10,22H,1H3. The molecule has 0 fully saturated rings. The fourth-order valence-corrected chi connectivity index (χ4v) is 3.44. The Morgan fingerprint density at radius 3 is 2.56 bits per heavy atom. The Morgan fingerprint density at radius 2 is 1.93 bits per heavy atom. The lowest BCUT2D eigenvalue weighted by molar-refractivity contribution is -0.137. The zero-order valence-electron chi connectivity index (χ0n) is 13.8. The van der Waals surface area contributed by atoms with E-state index in [1.54, 1.807) is 0 Å². The highest BCUT2D eigenvalue weighted by molar-refractivity contribution is 7.92. The van der Waals surface area contributed by atoms with E-state index >= 15 is 0 Å². The molecule has 0 saturated heterocycles. The van der Waals surface area contributed by atoms with Gasteiger partial charge in [-0.2, -0.15) is 13.2 Å². The highest BCUT2D eigenvalue weighted by Gasteiger charge is 2.31. The number of halogens is 3. The lowest BCUT2D eigenvalue weighted by Gasteiger charge is -2.13. The van der Waals surface area contributed by atoms with Crippen LogP contribution in [0.1, 0.15) is 5.56 Å². The summed E-state index contributed by atoms with van der Waals surface area (Å²) in [4.78, 5) is 3.44. The van der Waals surface area contributed by atoms with Gasteiger partial charge in [-0.3, -0.25) is 4.72 Å². The van der Waals surface area contributed by atoms with Gasteiger partial charge >= 0.3 is 6.18 Å². The number of alkyl halides is 3. The van der Waals surface area contributed by atoms with Crippen LogP contribution >= 0.6 is 0 Å². The molecular formula is C17H13F3N2O4S. The van der Waals surface area contributed by atoms with Crippen LogP contribution < -0.4 is 9.46 Å². The Bertz CT molecular complexity index is 1050. The molecule has 0 bridgehead atoms. The van der Waals surface area contributed by atoms with Gasteiger partial charge in [0.15, 0.2) is 0 Å². The first-order valence-corrected chi connectivity index (χ1v) is 8.97. The van der Waals surface area contributed by atoms with E-state index in [2.05, 4.69) is 9.71 Å². The van der Waals surface area contributed by atoms with Crippen LogP contribution in [0.2, 0.25) is 0 Å². The van der Waals surface area contributed by atoms with Gasteiger partial charge in [-0.1, -0.05) is 6.07 Å². The fraction of sp³-hybridized carbons (Fsp3) is 0.118. The first-order chi connectivity index (χ1) is 12.7. The topological polar surface area (TPSA) is 81.4 Å². The number of nitrogens with one attached hydrogen (secondary N) is 1. The second kappa shape index (κ2) is 6.95. The lowest BCUT2D eigenvalue weighted by Crippen LogP contribution is -2.15. The number of sulfonamides is 1. The summed E-state index contributed by atoms with van der Waals surface area (Å²) in [5.74, 6) is 0.542. The molecule has 0 aliphatic heterocycles. The smallest absolute Gasteiger partial charge is 0.416 e. The molecule has 6 nitrogen and oxygen atoms in total. The van der Waals surface area contributed by atoms with Crippen molar-refractivity contribution >= 4 is 15.7 Å². The van der Waals surface area contributed by atoms with E-state index in [4.69, 9.17) is 9.15 Å². The van der Waals surface area contributed by atoms with Crippen molar-refractivity contribution in [2.24, 2.45) is 0 Å². The molecule has 142 valence electrons. The molecule has 0 unspecified atom stereocenters. The molecule has 0 saturated carbocycles. The monoisotopic (exact) mass is 398 g/mol. The summed E-state index contributed by atoms with van der Waals surface area (Å²) >= 11 is 0. The molecule has 10 heteroatoms. The number of hydrogen-bond donors (Lipinski definition) is 1. The summed E-state index contributed by atoms with van der Waals surface area (Å²) < 4.78 is 76.4. The number of methoxy groups -OCH3 is 1. The zero-order valence-corrected chi connectivity index (χ0v) is 14.6. The number of benzene rings is 2. The highest BCUT2D eigenvalue weighted by atomic mass is 32.2. The van der Waals surface area contributed by atoms with E-state index in [9.17, 15) is 21.6 Å². The Balaban J connectivity index is 2.02. The maximum absolute atomic E-state index is 12.9. The van der Waals surface area contributed by atoms with Crippen LogP contribution in [0, 0.1) is 0 Å². The predicted molar refractivity (Wildman–Crippen MR) is 90.7 cm³/mol. The first-order valence-electron chi connectivity index (χ1n) is 7.49. The largest absolute Gasteiger partial charge is 0.497 e. The number of hydrogen-bond acceptors (Lipinski definition) is 5. The van der Waals surface area contributed by atoms with Crippen LogP contribution in [0.4, 0.5) is 18.9 Å². The molecule has 0 aliphatic carbocycles. The number of oxazole rings is 1. The van der Waals surface area contributed by atoms with Crippen LogP contribution in [0.5, 0.6) is 5.75 Å². The predicted octanol–water partition coefficient (Wildman–Crippen LogP) is 4.17. The lowest BCUT2D eigenvalue weighted by atomic mass is 10.1. The summed E-state index contributed by atoms with van der Waals surface area (Å²) in [5.41, 5.74) is -0.710. The van der Waals surface area contributed by atoms with E-state index in [-0.39, 0.29) is 17.1 Å². The molecule has 0 atom stereocenters. The summed E-state index contributed by atoms with van der Waals surface area (Å²) in [6.45, 7) is 0. The quantitative estimate of drug-likeness (QED) is 0.698. The SMILES string of the molecule is COc1ccc(NS(=O)(=O)c2cccc(C(F)(F)F)c2)c(-c2ncco2)c1. The zero-order chi connectivity index (χ0) is 19.7. The van der Waals surface area contributed by atoms with Gasteiger partial charge in [0.1, 0.15) is 12.0 Å². The van der Waals surface area contributed by atoms with Crippen molar-refractivity contribution in [3.8, 4) is 17.2 Å². The van der Waals surface area contributed by atoms with Crippen LogP contribution in [-0.2, 0) is 16.2 Å². The second-order valence-corrected chi connectivity index (χ2v) is 7.06. The van der Waals surface area contributed by atoms with Gasteiger partial charge in [0.05, 0.1) is 35.0 Å². The highest BCUT2D eigenvalue weighted by Crippen LogP contribution is 2.34. The number of aromatic nitrogens is 1. The molecule has 0 radical (unpaired) electrons. The summed E-state index contributed by atoms with van der Waals surface area (Å²) in [6, 6.07) is 7.86. The average molecular weight is 398 g/mol. The van der Waals surface area contributed by atoms with E-state index in [1.165, 1.54) is 37.8 Å². The fourth-order valence-electron chi connectivity index (χ4n) is 2.32. The number of anilines is 1. The van der Waals surface area contributed by atoms with Crippen LogP contribution in [0.25, 0.3) is 11.5 Å². The van der Waals surface area contributed by atoms with Crippen molar-refractivity contribution < 1.29 is 30.7 Å². The van der Waals surface area contributed by atoms with Crippen molar-refractivity contribution in [1.29, 1.82) is 0 Å². The third-order valence-electron chi connectivity index (χ3n) is 3.61. The van der Waals surface area contributed by atoms with Crippen LogP contribution in [-0.4, -0.2) is 20.5 Å². The minimum absolute atomic E-state index is 0.0793. The van der Waals surface area contributed by atoms with Crippen LogP contribution in [0.3, 0.4) is 0 Å². The van der Waals surface area contributed by atoms with E-state index in [0.29, 0.717) is 11.8 Å². The molecular weight excluding hydrogens is 385 g/mol. The first kappa shape index (κ1) is 18.8. The van der Waals surface area contributed by atoms with Crippen molar-refractivity contribution in [2.45, 2.75) is 11.1 Å². The van der Waals surface area contributed by atoms with Gasteiger partial charge in [0.25, 0.3) is 10.0 Å². The molecule has 3 rings (SSSR count). The maximum Gasteiger partial charge on any atom is 0.416 e. The van der Waals surface area contributed by atoms with Gasteiger partial charge in [0.2, 0.25) is 5.89 Å². The van der Waals surface area contributed by atoms with Gasteiger partial charge in [-0.05, 0) is 36.4 Å². The molecule has 27 heavy (non-hydrogen) atoms. The van der Waals surface area contributed by atoms with Gasteiger partial charge in [-0.15, -0.1) is 0 Å². The molecule has 1 N–H and O–H groups in total. The third kappa shape index (κ3) is 4.05. The molecule has 1 heterocycles. The van der Waals surface area contributed by atoms with Gasteiger partial charge in [0, 0.05) is 0 Å². The van der Waals surface area contributed by atoms with Gasteiger partial charge in [-0.25, -0.2) is 13.4 Å². The average Bonchev–Trinajstić information content (AvgIpc) is 3.16. The van der Waals surface area contributed by atoms with E-state index < -0.39 is 26.7 Å². The minimum atomic E-state index is -4.66. The molecule has 1 aromatic heterocycles. The molecule has 0 aliphatic rings. The van der Waals surface area contributed by atoms with Crippen molar-refractivity contribution in [3.05, 3.63) is 60.5 Å². The van der Waals surface area contributed by atoms with E-state index in [0.717, 1.165) is 18.2 Å². The maximum atomic E-state index is 12.9. The number of nitrogens with zero attached hydrogens (tertiary/aromatic N) is 1. The summed E-state index contributed by atoms with van der Waals surface area (Å²) in [6.07, 6.45) is -1.98. The Morgan fingerprint density at radius 1 is 1.15 bits per heavy atom. The van der Waals surface area contributed by atoms with Crippen LogP contribution in [0.15, 0.2) is 64.2 Å². The molecule has 2 aromatic carbocycles. The summed E-state index contributed by atoms with van der Waals surface area (Å²) in [5, 5.41) is 0. The third-order valence-corrected chi connectivity index (χ3v) is 4.97. The van der Waals surface area contributed by atoms with Crippen molar-refractivity contribution in [2.75, 3.05) is 11.8 Å². The number of ether oxygens (including phenoxy) is 1. The van der Waals surface area contributed by atoms with E-state index in [1.807, 2.05) is 0 Å². The Hall–Kier alpha value is -3.01. The van der Waals surface area contributed by atoms with Crippen molar-refractivity contribution in [3.63, 3.8) is 0 Å². The number of rotatable bonds is 5. The van der Waals surface area contributed by atoms with Gasteiger partial charge < -0.3 is 9.15 Å².